The highest BCUT2D eigenvalue weighted by atomic mass is 28.4. The summed E-state index contributed by atoms with van der Waals surface area (Å²) in [6.45, 7) is 0. The van der Waals surface area contributed by atoms with Crippen molar-refractivity contribution in [2.24, 2.45) is 0 Å². The molecule has 0 radical (unpaired) electrons. The fourth-order valence-corrected chi connectivity index (χ4v) is 2.92. The molecule has 0 spiro atoms. The molecule has 0 bridgehead atoms. The summed E-state index contributed by atoms with van der Waals surface area (Å²) in [5, 5.41) is 0. The molecule has 0 saturated carbocycles. The second-order valence-corrected chi connectivity index (χ2v) is 5.92. The van der Waals surface area contributed by atoms with Gasteiger partial charge < -0.3 is 18.3 Å². The van der Waals surface area contributed by atoms with Crippen LogP contribution in [0, 0.1) is 0 Å². The van der Waals surface area contributed by atoms with Crippen molar-refractivity contribution in [2.75, 3.05) is 21.3 Å². The molecule has 0 aliphatic heterocycles. The van der Waals surface area contributed by atoms with Gasteiger partial charge in [-0.2, -0.15) is 0 Å². The van der Waals surface area contributed by atoms with Crippen molar-refractivity contribution in [3.05, 3.63) is 18.2 Å². The highest BCUT2D eigenvalue weighted by molar-refractivity contribution is 6.60. The number of aryl methyl sites for hydroxylation is 1. The van der Waals surface area contributed by atoms with Gasteiger partial charge >= 0.3 is 8.80 Å². The lowest BCUT2D eigenvalue weighted by Crippen LogP contribution is -2.43. The molecule has 1 aromatic heterocycles. The number of H-pyrrole nitrogens is 1. The van der Waals surface area contributed by atoms with Crippen LogP contribution < -0.4 is 0 Å². The summed E-state index contributed by atoms with van der Waals surface area (Å²) >= 11 is 0. The first kappa shape index (κ1) is 11.4. The normalized spacial score (nSPS) is 11.9. The molecule has 0 aromatic carbocycles. The van der Waals surface area contributed by atoms with Gasteiger partial charge in [0.1, 0.15) is 5.82 Å². The Labute approximate surface area is 84.8 Å². The topological polar surface area (TPSA) is 56.4 Å². The molecule has 1 N–H and O–H groups in total. The van der Waals surface area contributed by atoms with Crippen LogP contribution in [0.5, 0.6) is 0 Å². The van der Waals surface area contributed by atoms with Crippen LogP contribution in [0.4, 0.5) is 0 Å². The van der Waals surface area contributed by atoms with Crippen molar-refractivity contribution in [3.63, 3.8) is 0 Å². The van der Waals surface area contributed by atoms with Crippen molar-refractivity contribution >= 4 is 8.80 Å². The Morgan fingerprint density at radius 1 is 1.29 bits per heavy atom. The van der Waals surface area contributed by atoms with E-state index in [2.05, 4.69) is 9.97 Å². The van der Waals surface area contributed by atoms with Crippen LogP contribution in [0.15, 0.2) is 12.4 Å². The first-order valence-corrected chi connectivity index (χ1v) is 6.33. The molecule has 0 amide bonds. The quantitative estimate of drug-likeness (QED) is 0.716. The monoisotopic (exact) mass is 216 g/mol. The summed E-state index contributed by atoms with van der Waals surface area (Å²) in [5.41, 5.74) is 0. The third kappa shape index (κ3) is 2.65. The van der Waals surface area contributed by atoms with Gasteiger partial charge in [-0.1, -0.05) is 0 Å². The van der Waals surface area contributed by atoms with Crippen LogP contribution in [-0.4, -0.2) is 40.1 Å². The maximum atomic E-state index is 5.29. The van der Waals surface area contributed by atoms with Gasteiger partial charge in [-0.05, 0) is 0 Å². The maximum absolute atomic E-state index is 5.29. The summed E-state index contributed by atoms with van der Waals surface area (Å²) in [6.07, 6.45) is 4.30. The van der Waals surface area contributed by atoms with E-state index in [1.165, 1.54) is 0 Å². The van der Waals surface area contributed by atoms with Gasteiger partial charge in [0, 0.05) is 46.2 Å². The van der Waals surface area contributed by atoms with Crippen molar-refractivity contribution in [3.8, 4) is 0 Å². The number of hydrogen-bond donors (Lipinski definition) is 1. The highest BCUT2D eigenvalue weighted by Crippen LogP contribution is 2.14. The van der Waals surface area contributed by atoms with Crippen LogP contribution >= 0.6 is 0 Å². The van der Waals surface area contributed by atoms with Crippen LogP contribution in [0.3, 0.4) is 0 Å². The third-order valence-electron chi connectivity index (χ3n) is 2.16. The van der Waals surface area contributed by atoms with E-state index < -0.39 is 8.80 Å². The van der Waals surface area contributed by atoms with Gasteiger partial charge in [0.2, 0.25) is 0 Å². The summed E-state index contributed by atoms with van der Waals surface area (Å²) < 4.78 is 15.9. The number of aromatic amines is 1. The SMILES string of the molecule is CO[Si](CCc1ncc[nH]1)(OC)OC. The van der Waals surface area contributed by atoms with Crippen molar-refractivity contribution in [1.82, 2.24) is 9.97 Å². The number of nitrogens with one attached hydrogen (secondary N) is 1. The molecule has 1 aromatic rings. The Hall–Kier alpha value is -0.693. The fraction of sp³-hybridized carbons (Fsp3) is 0.625. The van der Waals surface area contributed by atoms with Crippen LogP contribution in [0.25, 0.3) is 0 Å². The van der Waals surface area contributed by atoms with E-state index in [0.717, 1.165) is 18.3 Å². The molecule has 6 heteroatoms. The number of hydrogen-bond acceptors (Lipinski definition) is 4. The molecular formula is C8H16N2O3Si. The molecule has 1 rings (SSSR count). The first-order chi connectivity index (χ1) is 6.76. The lowest BCUT2D eigenvalue weighted by Gasteiger charge is -2.23. The van der Waals surface area contributed by atoms with E-state index >= 15 is 0 Å². The average Bonchev–Trinajstić information content (AvgIpc) is 2.74. The molecule has 0 aliphatic carbocycles. The van der Waals surface area contributed by atoms with Crippen molar-refractivity contribution in [2.45, 2.75) is 12.5 Å². The summed E-state index contributed by atoms with van der Waals surface area (Å²) in [4.78, 5) is 7.15. The number of aromatic nitrogens is 2. The second-order valence-electron chi connectivity index (χ2n) is 2.83. The van der Waals surface area contributed by atoms with Gasteiger partial charge in [-0.25, -0.2) is 4.98 Å². The summed E-state index contributed by atoms with van der Waals surface area (Å²) in [7, 11) is 2.40. The molecule has 5 nitrogen and oxygen atoms in total. The minimum atomic E-state index is -2.43. The van der Waals surface area contributed by atoms with Crippen LogP contribution in [-0.2, 0) is 19.7 Å². The number of rotatable bonds is 6. The minimum absolute atomic E-state index is 0.726. The molecule has 1 heterocycles. The Balaban J connectivity index is 2.48. The van der Waals surface area contributed by atoms with Gasteiger partial charge in [0.15, 0.2) is 0 Å². The van der Waals surface area contributed by atoms with E-state index in [1.54, 1.807) is 33.7 Å². The summed E-state index contributed by atoms with van der Waals surface area (Å²) in [6, 6.07) is 0.726. The predicted molar refractivity (Wildman–Crippen MR) is 53.9 cm³/mol. The molecular weight excluding hydrogens is 200 g/mol. The van der Waals surface area contributed by atoms with Gasteiger partial charge in [0.25, 0.3) is 0 Å². The van der Waals surface area contributed by atoms with E-state index in [-0.39, 0.29) is 0 Å². The highest BCUT2D eigenvalue weighted by Gasteiger charge is 2.37. The summed E-state index contributed by atoms with van der Waals surface area (Å²) in [5.74, 6) is 0.924. The van der Waals surface area contributed by atoms with Gasteiger partial charge in [-0.3, -0.25) is 0 Å². The van der Waals surface area contributed by atoms with Crippen LogP contribution in [0.2, 0.25) is 6.04 Å². The molecule has 0 saturated heterocycles. The van der Waals surface area contributed by atoms with Crippen LogP contribution in [0.1, 0.15) is 5.82 Å². The smallest absolute Gasteiger partial charge is 0.377 e. The standard InChI is InChI=1S/C8H16N2O3Si/c1-11-14(12-2,13-3)7-4-8-9-5-6-10-8/h5-6H,4,7H2,1-3H3,(H,9,10). The number of nitrogens with zero attached hydrogens (tertiary/aromatic N) is 1. The largest absolute Gasteiger partial charge is 0.500 e. The lowest BCUT2D eigenvalue weighted by molar-refractivity contribution is 0.123. The first-order valence-electron chi connectivity index (χ1n) is 4.40. The van der Waals surface area contributed by atoms with Gasteiger partial charge in [0.05, 0.1) is 0 Å². The Morgan fingerprint density at radius 2 is 1.93 bits per heavy atom. The van der Waals surface area contributed by atoms with E-state index in [9.17, 15) is 0 Å². The maximum Gasteiger partial charge on any atom is 0.500 e. The van der Waals surface area contributed by atoms with E-state index in [0.29, 0.717) is 0 Å². The molecule has 0 atom stereocenters. The van der Waals surface area contributed by atoms with E-state index in [1.807, 2.05) is 0 Å². The molecule has 0 fully saturated rings. The Bertz CT molecular complexity index is 241. The third-order valence-corrected chi connectivity index (χ3v) is 4.88. The minimum Gasteiger partial charge on any atom is -0.377 e. The molecule has 14 heavy (non-hydrogen) atoms. The average molecular weight is 216 g/mol. The molecule has 0 aliphatic rings. The zero-order valence-electron chi connectivity index (χ0n) is 8.74. The predicted octanol–water partition coefficient (Wildman–Crippen LogP) is 0.830. The van der Waals surface area contributed by atoms with E-state index in [4.69, 9.17) is 13.3 Å². The number of imidazole rings is 1. The fourth-order valence-electron chi connectivity index (χ4n) is 1.26. The second kappa shape index (κ2) is 5.25. The molecule has 80 valence electrons. The van der Waals surface area contributed by atoms with Crippen molar-refractivity contribution in [1.29, 1.82) is 0 Å². The zero-order chi connectivity index (χ0) is 10.4. The zero-order valence-corrected chi connectivity index (χ0v) is 9.74. The van der Waals surface area contributed by atoms with Gasteiger partial charge in [-0.15, -0.1) is 0 Å². The van der Waals surface area contributed by atoms with Crippen molar-refractivity contribution < 1.29 is 13.3 Å². The lowest BCUT2D eigenvalue weighted by atomic mass is 10.5. The Morgan fingerprint density at radius 3 is 2.36 bits per heavy atom. The Kier molecular flexibility index (Phi) is 4.27. The molecule has 0 unspecified atom stereocenters.